The van der Waals surface area contributed by atoms with Gasteiger partial charge in [0.1, 0.15) is 5.82 Å². The van der Waals surface area contributed by atoms with Crippen LogP contribution in [0, 0.1) is 5.82 Å². The third kappa shape index (κ3) is 2.65. The molecule has 0 amide bonds. The Kier molecular flexibility index (Phi) is 3.32. The molecule has 0 aliphatic carbocycles. The van der Waals surface area contributed by atoms with E-state index >= 15 is 0 Å². The number of rotatable bonds is 2. The highest BCUT2D eigenvalue weighted by atomic mass is 35.5. The molecule has 0 aliphatic rings. The number of nitrogens with one attached hydrogen (secondary N) is 1. The standard InChI is InChI=1S/C12H8Cl2FN/c13-8-1-6-12(11(14)7-8)16-10-4-2-9(15)3-5-10/h1-7,16H. The fourth-order valence-electron chi connectivity index (χ4n) is 1.28. The molecule has 2 aromatic rings. The second-order valence-corrected chi connectivity index (χ2v) is 4.10. The predicted octanol–water partition coefficient (Wildman–Crippen LogP) is 4.88. The topological polar surface area (TPSA) is 12.0 Å². The molecule has 0 radical (unpaired) electrons. The van der Waals surface area contributed by atoms with E-state index < -0.39 is 0 Å². The molecule has 2 aromatic carbocycles. The molecule has 0 fully saturated rings. The Balaban J connectivity index is 2.23. The summed E-state index contributed by atoms with van der Waals surface area (Å²) in [5.74, 6) is -0.271. The predicted molar refractivity (Wildman–Crippen MR) is 66.1 cm³/mol. The quantitative estimate of drug-likeness (QED) is 0.807. The van der Waals surface area contributed by atoms with E-state index in [0.29, 0.717) is 10.0 Å². The van der Waals surface area contributed by atoms with E-state index in [1.807, 2.05) is 0 Å². The first-order chi connectivity index (χ1) is 7.65. The third-order valence-electron chi connectivity index (χ3n) is 2.05. The highest BCUT2D eigenvalue weighted by Gasteiger charge is 2.01. The van der Waals surface area contributed by atoms with Crippen LogP contribution in [0.25, 0.3) is 0 Å². The van der Waals surface area contributed by atoms with Gasteiger partial charge in [0, 0.05) is 10.7 Å². The molecule has 0 unspecified atom stereocenters. The van der Waals surface area contributed by atoms with Gasteiger partial charge in [0.15, 0.2) is 0 Å². The molecule has 82 valence electrons. The lowest BCUT2D eigenvalue weighted by molar-refractivity contribution is 0.628. The van der Waals surface area contributed by atoms with Crippen LogP contribution in [0.3, 0.4) is 0 Å². The number of anilines is 2. The van der Waals surface area contributed by atoms with Crippen molar-refractivity contribution in [3.63, 3.8) is 0 Å². The van der Waals surface area contributed by atoms with E-state index in [2.05, 4.69) is 5.32 Å². The molecule has 0 atom stereocenters. The summed E-state index contributed by atoms with van der Waals surface area (Å²) in [4.78, 5) is 0. The zero-order chi connectivity index (χ0) is 11.5. The summed E-state index contributed by atoms with van der Waals surface area (Å²) in [5, 5.41) is 4.17. The second-order valence-electron chi connectivity index (χ2n) is 3.26. The van der Waals surface area contributed by atoms with Crippen LogP contribution in [-0.2, 0) is 0 Å². The van der Waals surface area contributed by atoms with Crippen LogP contribution in [0.1, 0.15) is 0 Å². The van der Waals surface area contributed by atoms with Crippen LogP contribution < -0.4 is 5.32 Å². The molecule has 16 heavy (non-hydrogen) atoms. The van der Waals surface area contributed by atoms with Crippen molar-refractivity contribution in [3.05, 3.63) is 58.3 Å². The average Bonchev–Trinajstić information content (AvgIpc) is 2.25. The van der Waals surface area contributed by atoms with Gasteiger partial charge in [-0.15, -0.1) is 0 Å². The monoisotopic (exact) mass is 255 g/mol. The molecule has 0 saturated carbocycles. The molecule has 0 heterocycles. The van der Waals surface area contributed by atoms with Gasteiger partial charge in [0.2, 0.25) is 0 Å². The van der Waals surface area contributed by atoms with Gasteiger partial charge in [0.25, 0.3) is 0 Å². The summed E-state index contributed by atoms with van der Waals surface area (Å²) in [6.45, 7) is 0. The van der Waals surface area contributed by atoms with Crippen LogP contribution in [-0.4, -0.2) is 0 Å². The summed E-state index contributed by atoms with van der Waals surface area (Å²) < 4.78 is 12.7. The van der Waals surface area contributed by atoms with E-state index in [1.165, 1.54) is 12.1 Å². The normalized spacial score (nSPS) is 10.2. The fraction of sp³-hybridized carbons (Fsp3) is 0. The van der Waals surface area contributed by atoms with Crippen LogP contribution in [0.4, 0.5) is 15.8 Å². The lowest BCUT2D eigenvalue weighted by Crippen LogP contribution is -1.91. The van der Waals surface area contributed by atoms with Crippen molar-refractivity contribution >= 4 is 34.6 Å². The first-order valence-electron chi connectivity index (χ1n) is 4.63. The smallest absolute Gasteiger partial charge is 0.123 e. The van der Waals surface area contributed by atoms with E-state index in [4.69, 9.17) is 23.2 Å². The summed E-state index contributed by atoms with van der Waals surface area (Å²) in [7, 11) is 0. The summed E-state index contributed by atoms with van der Waals surface area (Å²) >= 11 is 11.8. The van der Waals surface area contributed by atoms with Crippen LogP contribution in [0.5, 0.6) is 0 Å². The number of halogens is 3. The molecule has 0 aliphatic heterocycles. The Hall–Kier alpha value is -1.25. The zero-order valence-corrected chi connectivity index (χ0v) is 9.69. The zero-order valence-electron chi connectivity index (χ0n) is 8.18. The van der Waals surface area contributed by atoms with Crippen molar-refractivity contribution in [2.75, 3.05) is 5.32 Å². The molecule has 1 N–H and O–H groups in total. The molecule has 2 rings (SSSR count). The maximum absolute atomic E-state index is 12.7. The molecular weight excluding hydrogens is 248 g/mol. The van der Waals surface area contributed by atoms with Gasteiger partial charge in [-0.1, -0.05) is 23.2 Å². The molecule has 0 saturated heterocycles. The van der Waals surface area contributed by atoms with Crippen molar-refractivity contribution in [1.29, 1.82) is 0 Å². The minimum absolute atomic E-state index is 0.271. The Morgan fingerprint density at radius 2 is 1.62 bits per heavy atom. The van der Waals surface area contributed by atoms with Gasteiger partial charge >= 0.3 is 0 Å². The highest BCUT2D eigenvalue weighted by Crippen LogP contribution is 2.28. The van der Waals surface area contributed by atoms with Gasteiger partial charge in [-0.3, -0.25) is 0 Å². The summed E-state index contributed by atoms with van der Waals surface area (Å²) in [6.07, 6.45) is 0. The first kappa shape index (κ1) is 11.2. The lowest BCUT2D eigenvalue weighted by atomic mass is 10.2. The van der Waals surface area contributed by atoms with Gasteiger partial charge < -0.3 is 5.32 Å². The maximum Gasteiger partial charge on any atom is 0.123 e. The molecule has 4 heteroatoms. The Morgan fingerprint density at radius 3 is 2.25 bits per heavy atom. The summed E-state index contributed by atoms with van der Waals surface area (Å²) in [6, 6.07) is 11.2. The molecule has 1 nitrogen and oxygen atoms in total. The third-order valence-corrected chi connectivity index (χ3v) is 2.60. The Bertz CT molecular complexity index is 497. The van der Waals surface area contributed by atoms with Gasteiger partial charge in [-0.05, 0) is 42.5 Å². The van der Waals surface area contributed by atoms with Gasteiger partial charge in [-0.2, -0.15) is 0 Å². The van der Waals surface area contributed by atoms with Crippen LogP contribution in [0.2, 0.25) is 10.0 Å². The Labute approximate surface area is 103 Å². The SMILES string of the molecule is Fc1ccc(Nc2ccc(Cl)cc2Cl)cc1. The highest BCUT2D eigenvalue weighted by molar-refractivity contribution is 6.36. The number of benzene rings is 2. The van der Waals surface area contributed by atoms with Gasteiger partial charge in [-0.25, -0.2) is 4.39 Å². The number of hydrogen-bond acceptors (Lipinski definition) is 1. The van der Waals surface area contributed by atoms with Crippen molar-refractivity contribution in [3.8, 4) is 0 Å². The number of hydrogen-bond donors (Lipinski definition) is 1. The minimum Gasteiger partial charge on any atom is -0.354 e. The van der Waals surface area contributed by atoms with Crippen LogP contribution in [0.15, 0.2) is 42.5 Å². The van der Waals surface area contributed by atoms with Crippen molar-refractivity contribution < 1.29 is 4.39 Å². The van der Waals surface area contributed by atoms with Gasteiger partial charge in [0.05, 0.1) is 10.7 Å². The fourth-order valence-corrected chi connectivity index (χ4v) is 1.74. The van der Waals surface area contributed by atoms with Crippen LogP contribution >= 0.6 is 23.2 Å². The molecule has 0 spiro atoms. The van der Waals surface area contributed by atoms with E-state index in [-0.39, 0.29) is 5.82 Å². The van der Waals surface area contributed by atoms with E-state index in [0.717, 1.165) is 11.4 Å². The first-order valence-corrected chi connectivity index (χ1v) is 5.38. The van der Waals surface area contributed by atoms with E-state index in [9.17, 15) is 4.39 Å². The molecule has 0 bridgehead atoms. The maximum atomic E-state index is 12.7. The molecule has 0 aromatic heterocycles. The van der Waals surface area contributed by atoms with Crippen molar-refractivity contribution in [2.24, 2.45) is 0 Å². The Morgan fingerprint density at radius 1 is 0.938 bits per heavy atom. The minimum atomic E-state index is -0.271. The van der Waals surface area contributed by atoms with Crippen molar-refractivity contribution in [1.82, 2.24) is 0 Å². The summed E-state index contributed by atoms with van der Waals surface area (Å²) in [5.41, 5.74) is 1.50. The van der Waals surface area contributed by atoms with E-state index in [1.54, 1.807) is 30.3 Å². The lowest BCUT2D eigenvalue weighted by Gasteiger charge is -2.08. The second kappa shape index (κ2) is 4.73. The average molecular weight is 256 g/mol. The molecular formula is C12H8Cl2FN. The van der Waals surface area contributed by atoms with Crippen molar-refractivity contribution in [2.45, 2.75) is 0 Å². The largest absolute Gasteiger partial charge is 0.354 e.